The molecule has 0 radical (unpaired) electrons. The Bertz CT molecular complexity index is 664. The second-order valence-electron chi connectivity index (χ2n) is 6.84. The second-order valence-corrected chi connectivity index (χ2v) is 8.85. The molecule has 1 aliphatic carbocycles. The van der Waals surface area contributed by atoms with E-state index >= 15 is 0 Å². The number of carbonyl (C=O) groups is 1. The van der Waals surface area contributed by atoms with Gasteiger partial charge in [-0.1, -0.05) is 25.7 Å². The van der Waals surface area contributed by atoms with Gasteiger partial charge in [0.2, 0.25) is 10.0 Å². The molecule has 24 heavy (non-hydrogen) atoms. The molecule has 1 amide bonds. The monoisotopic (exact) mass is 350 g/mol. The van der Waals surface area contributed by atoms with Gasteiger partial charge in [0, 0.05) is 18.7 Å². The van der Waals surface area contributed by atoms with E-state index in [9.17, 15) is 13.2 Å². The summed E-state index contributed by atoms with van der Waals surface area (Å²) < 4.78 is 25.2. The highest BCUT2D eigenvalue weighted by Gasteiger charge is 2.28. The van der Waals surface area contributed by atoms with Gasteiger partial charge in [0.25, 0.3) is 5.91 Å². The van der Waals surface area contributed by atoms with Gasteiger partial charge >= 0.3 is 0 Å². The van der Waals surface area contributed by atoms with Gasteiger partial charge in [-0.25, -0.2) is 8.42 Å². The topological polar surface area (TPSA) is 66.5 Å². The quantitative estimate of drug-likeness (QED) is 0.802. The smallest absolute Gasteiger partial charge is 0.251 e. The average molecular weight is 350 g/mol. The number of amides is 1. The molecular formula is C18H26N2O3S. The zero-order valence-corrected chi connectivity index (χ0v) is 14.9. The Hall–Kier alpha value is -1.56. The molecule has 6 heteroatoms. The van der Waals surface area contributed by atoms with E-state index in [2.05, 4.69) is 5.32 Å². The first-order chi connectivity index (χ1) is 11.6. The lowest BCUT2D eigenvalue weighted by Gasteiger charge is -2.17. The van der Waals surface area contributed by atoms with E-state index in [1.165, 1.54) is 36.4 Å². The maximum absolute atomic E-state index is 12.2. The Morgan fingerprint density at radius 1 is 1.12 bits per heavy atom. The zero-order valence-electron chi connectivity index (χ0n) is 14.0. The first-order valence-corrected chi connectivity index (χ1v) is 10.6. The van der Waals surface area contributed by atoms with Crippen molar-refractivity contribution in [2.45, 2.75) is 44.9 Å². The van der Waals surface area contributed by atoms with E-state index in [1.54, 1.807) is 24.3 Å². The van der Waals surface area contributed by atoms with Crippen molar-refractivity contribution in [3.63, 3.8) is 0 Å². The lowest BCUT2D eigenvalue weighted by molar-refractivity contribution is 0.0952. The number of benzene rings is 1. The Morgan fingerprint density at radius 3 is 2.46 bits per heavy atom. The van der Waals surface area contributed by atoms with E-state index in [-0.39, 0.29) is 11.7 Å². The Labute approximate surface area is 144 Å². The maximum atomic E-state index is 12.2. The molecule has 0 atom stereocenters. The van der Waals surface area contributed by atoms with Gasteiger partial charge in [-0.2, -0.15) is 0 Å². The largest absolute Gasteiger partial charge is 0.352 e. The van der Waals surface area contributed by atoms with Crippen LogP contribution in [0.4, 0.5) is 5.69 Å². The summed E-state index contributed by atoms with van der Waals surface area (Å²) in [7, 11) is -3.17. The third kappa shape index (κ3) is 4.09. The van der Waals surface area contributed by atoms with Gasteiger partial charge in [-0.15, -0.1) is 0 Å². The highest BCUT2D eigenvalue weighted by Crippen LogP contribution is 2.28. The lowest BCUT2D eigenvalue weighted by Crippen LogP contribution is -2.26. The predicted molar refractivity (Wildman–Crippen MR) is 95.7 cm³/mol. The van der Waals surface area contributed by atoms with Crippen LogP contribution < -0.4 is 9.62 Å². The molecule has 1 N–H and O–H groups in total. The normalized spacial score (nSPS) is 20.4. The van der Waals surface area contributed by atoms with Crippen LogP contribution in [0.15, 0.2) is 24.3 Å². The number of hydrogen-bond acceptors (Lipinski definition) is 3. The summed E-state index contributed by atoms with van der Waals surface area (Å²) in [5, 5.41) is 2.96. The molecule has 5 nitrogen and oxygen atoms in total. The number of nitrogens with one attached hydrogen (secondary N) is 1. The summed E-state index contributed by atoms with van der Waals surface area (Å²) in [6.45, 7) is 1.23. The van der Waals surface area contributed by atoms with Crippen LogP contribution >= 0.6 is 0 Å². The van der Waals surface area contributed by atoms with Crippen molar-refractivity contribution >= 4 is 21.6 Å². The molecule has 0 aromatic heterocycles. The summed E-state index contributed by atoms with van der Waals surface area (Å²) in [6.07, 6.45) is 8.29. The molecule has 1 saturated carbocycles. The van der Waals surface area contributed by atoms with Gasteiger partial charge in [0.05, 0.1) is 11.4 Å². The Balaban J connectivity index is 1.48. The third-order valence-corrected chi connectivity index (χ3v) is 6.94. The summed E-state index contributed by atoms with van der Waals surface area (Å²) in [5.74, 6) is 0.969. The minimum atomic E-state index is -3.17. The number of hydrogen-bond donors (Lipinski definition) is 1. The van der Waals surface area contributed by atoms with Gasteiger partial charge in [0.1, 0.15) is 0 Å². The fraction of sp³-hybridized carbons (Fsp3) is 0.611. The van der Waals surface area contributed by atoms with E-state index in [4.69, 9.17) is 0 Å². The fourth-order valence-electron chi connectivity index (χ4n) is 3.70. The summed E-state index contributed by atoms with van der Waals surface area (Å²) in [5.41, 5.74) is 1.22. The van der Waals surface area contributed by atoms with Crippen molar-refractivity contribution in [2.24, 2.45) is 5.92 Å². The minimum absolute atomic E-state index is 0.0859. The van der Waals surface area contributed by atoms with Gasteiger partial charge in [-0.05, 0) is 49.4 Å². The van der Waals surface area contributed by atoms with E-state index in [1.807, 2.05) is 0 Å². The molecular weight excluding hydrogens is 324 g/mol. The molecule has 0 spiro atoms. The van der Waals surface area contributed by atoms with Crippen LogP contribution in [0.1, 0.15) is 55.3 Å². The van der Waals surface area contributed by atoms with Crippen LogP contribution in [0.5, 0.6) is 0 Å². The van der Waals surface area contributed by atoms with Crippen molar-refractivity contribution in [1.82, 2.24) is 5.32 Å². The number of anilines is 1. The van der Waals surface area contributed by atoms with Crippen molar-refractivity contribution in [3.05, 3.63) is 29.8 Å². The molecule has 1 saturated heterocycles. The summed E-state index contributed by atoms with van der Waals surface area (Å²) >= 11 is 0. The van der Waals surface area contributed by atoms with E-state index in [0.717, 1.165) is 12.3 Å². The highest BCUT2D eigenvalue weighted by atomic mass is 32.2. The average Bonchev–Trinajstić information content (AvgIpc) is 3.20. The predicted octanol–water partition coefficient (Wildman–Crippen LogP) is 2.93. The first-order valence-electron chi connectivity index (χ1n) is 8.95. The zero-order chi connectivity index (χ0) is 17.0. The molecule has 0 bridgehead atoms. The number of nitrogens with zero attached hydrogens (tertiary/aromatic N) is 1. The maximum Gasteiger partial charge on any atom is 0.251 e. The number of rotatable bonds is 6. The minimum Gasteiger partial charge on any atom is -0.352 e. The van der Waals surface area contributed by atoms with Crippen molar-refractivity contribution in [3.8, 4) is 0 Å². The summed E-state index contributed by atoms with van der Waals surface area (Å²) in [4.78, 5) is 12.2. The van der Waals surface area contributed by atoms with Gasteiger partial charge < -0.3 is 5.32 Å². The Kier molecular flexibility index (Phi) is 5.43. The molecule has 1 aromatic carbocycles. The molecule has 1 heterocycles. The van der Waals surface area contributed by atoms with Crippen molar-refractivity contribution in [1.29, 1.82) is 0 Å². The fourth-order valence-corrected chi connectivity index (χ4v) is 5.27. The molecule has 1 aromatic rings. The van der Waals surface area contributed by atoms with Crippen LogP contribution in [0.3, 0.4) is 0 Å². The second kappa shape index (κ2) is 7.55. The molecule has 0 unspecified atom stereocenters. The molecule has 3 rings (SSSR count). The van der Waals surface area contributed by atoms with Crippen molar-refractivity contribution in [2.75, 3.05) is 23.1 Å². The van der Waals surface area contributed by atoms with E-state index in [0.29, 0.717) is 30.8 Å². The lowest BCUT2D eigenvalue weighted by atomic mass is 10.0. The van der Waals surface area contributed by atoms with Gasteiger partial charge in [0.15, 0.2) is 0 Å². The Morgan fingerprint density at radius 2 is 1.83 bits per heavy atom. The molecule has 2 fully saturated rings. The standard InChI is InChI=1S/C18H26N2O3S/c21-18(19-12-3-7-15-5-1-2-6-15)16-8-10-17(11-9-16)20-13-4-14-24(20,22)23/h8-11,15H,1-7,12-14H2,(H,19,21). The van der Waals surface area contributed by atoms with E-state index < -0.39 is 10.0 Å². The molecule has 2 aliphatic rings. The molecule has 132 valence electrons. The van der Waals surface area contributed by atoms with Crippen LogP contribution in [-0.2, 0) is 10.0 Å². The first kappa shape index (κ1) is 17.3. The van der Waals surface area contributed by atoms with Crippen LogP contribution in [-0.4, -0.2) is 33.2 Å². The van der Waals surface area contributed by atoms with Crippen LogP contribution in [0, 0.1) is 5.92 Å². The molecule has 1 aliphatic heterocycles. The van der Waals surface area contributed by atoms with Crippen LogP contribution in [0.2, 0.25) is 0 Å². The SMILES string of the molecule is O=C(NCCCC1CCCC1)c1ccc(N2CCCS2(=O)=O)cc1. The number of sulfonamides is 1. The highest BCUT2D eigenvalue weighted by molar-refractivity contribution is 7.93. The van der Waals surface area contributed by atoms with Crippen LogP contribution in [0.25, 0.3) is 0 Å². The van der Waals surface area contributed by atoms with Crippen molar-refractivity contribution < 1.29 is 13.2 Å². The van der Waals surface area contributed by atoms with Gasteiger partial charge in [-0.3, -0.25) is 9.10 Å². The third-order valence-electron chi connectivity index (χ3n) is 5.07. The summed E-state index contributed by atoms with van der Waals surface area (Å²) in [6, 6.07) is 6.84. The number of carbonyl (C=O) groups excluding carboxylic acids is 1.